The van der Waals surface area contributed by atoms with E-state index in [9.17, 15) is 27.5 Å². The molecule has 30 heavy (non-hydrogen) atoms. The van der Waals surface area contributed by atoms with Gasteiger partial charge in [-0.1, -0.05) is 24.3 Å². The van der Waals surface area contributed by atoms with Gasteiger partial charge in [-0.15, -0.1) is 0 Å². The fourth-order valence-electron chi connectivity index (χ4n) is 2.77. The van der Waals surface area contributed by atoms with Crippen molar-refractivity contribution < 1.29 is 27.5 Å². The molecule has 0 unspecified atom stereocenters. The largest absolute Gasteiger partial charge is 0.478 e. The van der Waals surface area contributed by atoms with Crippen LogP contribution in [0.3, 0.4) is 0 Å². The minimum atomic E-state index is -4.10. The van der Waals surface area contributed by atoms with Gasteiger partial charge in [0.15, 0.2) is 0 Å². The summed E-state index contributed by atoms with van der Waals surface area (Å²) in [4.78, 5) is 23.8. The molecule has 154 valence electrons. The molecular weight excluding hydrogens is 411 g/mol. The number of hydrogen-bond acceptors (Lipinski definition) is 4. The first kappa shape index (κ1) is 21.0. The first-order valence-corrected chi connectivity index (χ1v) is 10.2. The molecular formula is C21H17FN2O5S. The molecule has 0 aliphatic heterocycles. The zero-order chi connectivity index (χ0) is 21.9. The predicted molar refractivity (Wildman–Crippen MR) is 110 cm³/mol. The molecule has 1 amide bonds. The fourth-order valence-corrected chi connectivity index (χ4v) is 4.09. The van der Waals surface area contributed by atoms with Crippen LogP contribution >= 0.6 is 0 Å². The molecule has 7 nitrogen and oxygen atoms in total. The fraction of sp³-hybridized carbons (Fsp3) is 0.0476. The number of hydrogen-bond donors (Lipinski definition) is 3. The Morgan fingerprint density at radius 1 is 0.967 bits per heavy atom. The number of carbonyl (C=O) groups is 2. The van der Waals surface area contributed by atoms with Gasteiger partial charge < -0.3 is 10.4 Å². The molecule has 0 fully saturated rings. The summed E-state index contributed by atoms with van der Waals surface area (Å²) in [6.07, 6.45) is 0. The SMILES string of the molecule is Cc1ccc(C(=O)Nc2ccccc2C(=O)O)cc1S(=O)(=O)Nc1cccc(F)c1. The van der Waals surface area contributed by atoms with E-state index in [0.29, 0.717) is 5.56 Å². The summed E-state index contributed by atoms with van der Waals surface area (Å²) >= 11 is 0. The molecule has 3 rings (SSSR count). The molecule has 0 saturated carbocycles. The molecule has 3 aromatic carbocycles. The number of sulfonamides is 1. The molecule has 3 N–H and O–H groups in total. The average Bonchev–Trinajstić information content (AvgIpc) is 2.68. The van der Waals surface area contributed by atoms with Gasteiger partial charge in [-0.05, 0) is 55.0 Å². The van der Waals surface area contributed by atoms with Crippen molar-refractivity contribution in [2.75, 3.05) is 10.0 Å². The summed E-state index contributed by atoms with van der Waals surface area (Å²) in [5.41, 5.74) is 0.415. The second-order valence-electron chi connectivity index (χ2n) is 6.40. The molecule has 0 aliphatic rings. The van der Waals surface area contributed by atoms with E-state index in [2.05, 4.69) is 10.0 Å². The van der Waals surface area contributed by atoms with E-state index >= 15 is 0 Å². The summed E-state index contributed by atoms with van der Waals surface area (Å²) in [6, 6.07) is 14.9. The lowest BCUT2D eigenvalue weighted by molar-refractivity contribution is 0.0698. The number of benzene rings is 3. The Morgan fingerprint density at radius 3 is 2.40 bits per heavy atom. The maximum absolute atomic E-state index is 13.4. The van der Waals surface area contributed by atoms with Gasteiger partial charge in [0.25, 0.3) is 15.9 Å². The second-order valence-corrected chi connectivity index (χ2v) is 8.05. The van der Waals surface area contributed by atoms with E-state index in [1.807, 2.05) is 0 Å². The van der Waals surface area contributed by atoms with Crippen LogP contribution in [0, 0.1) is 12.7 Å². The number of aromatic carboxylic acids is 1. The molecule has 0 atom stereocenters. The zero-order valence-corrected chi connectivity index (χ0v) is 16.5. The van der Waals surface area contributed by atoms with Crippen molar-refractivity contribution in [3.63, 3.8) is 0 Å². The summed E-state index contributed by atoms with van der Waals surface area (Å²) < 4.78 is 41.2. The average molecular weight is 428 g/mol. The lowest BCUT2D eigenvalue weighted by atomic mass is 10.1. The third-order valence-electron chi connectivity index (χ3n) is 4.22. The Morgan fingerprint density at radius 2 is 1.70 bits per heavy atom. The first-order valence-electron chi connectivity index (χ1n) is 8.70. The third kappa shape index (κ3) is 4.64. The molecule has 9 heteroatoms. The van der Waals surface area contributed by atoms with E-state index in [1.54, 1.807) is 13.0 Å². The number of rotatable bonds is 6. The third-order valence-corrected chi connectivity index (χ3v) is 5.75. The number of nitrogens with one attached hydrogen (secondary N) is 2. The van der Waals surface area contributed by atoms with Crippen LogP contribution in [0.15, 0.2) is 71.6 Å². The van der Waals surface area contributed by atoms with Crippen LogP contribution in [0.25, 0.3) is 0 Å². The van der Waals surface area contributed by atoms with E-state index in [-0.39, 0.29) is 27.4 Å². The monoisotopic (exact) mass is 428 g/mol. The quantitative estimate of drug-likeness (QED) is 0.551. The van der Waals surface area contributed by atoms with Crippen LogP contribution < -0.4 is 10.0 Å². The normalized spacial score (nSPS) is 11.0. The number of halogens is 1. The number of carboxylic acid groups (broad SMARTS) is 1. The van der Waals surface area contributed by atoms with Gasteiger partial charge in [0.05, 0.1) is 21.8 Å². The van der Waals surface area contributed by atoms with E-state index in [0.717, 1.165) is 6.07 Å². The zero-order valence-electron chi connectivity index (χ0n) is 15.7. The summed E-state index contributed by atoms with van der Waals surface area (Å²) in [5, 5.41) is 11.7. The summed E-state index contributed by atoms with van der Waals surface area (Å²) in [6.45, 7) is 1.56. The highest BCUT2D eigenvalue weighted by atomic mass is 32.2. The Bertz CT molecular complexity index is 1240. The highest BCUT2D eigenvalue weighted by Crippen LogP contribution is 2.23. The minimum absolute atomic E-state index is 0.0143. The van der Waals surface area contributed by atoms with Gasteiger partial charge in [-0.2, -0.15) is 0 Å². The van der Waals surface area contributed by atoms with E-state index < -0.39 is 27.7 Å². The lowest BCUT2D eigenvalue weighted by Gasteiger charge is -2.13. The number of carbonyl (C=O) groups excluding carboxylic acids is 1. The Balaban J connectivity index is 1.91. The van der Waals surface area contributed by atoms with Gasteiger partial charge in [0, 0.05) is 5.56 Å². The summed E-state index contributed by atoms with van der Waals surface area (Å²) in [7, 11) is -4.10. The Hall–Kier alpha value is -3.72. The summed E-state index contributed by atoms with van der Waals surface area (Å²) in [5.74, 6) is -2.49. The molecule has 0 aliphatic carbocycles. The van der Waals surface area contributed by atoms with Gasteiger partial charge in [-0.25, -0.2) is 17.6 Å². The van der Waals surface area contributed by atoms with Gasteiger partial charge in [0.2, 0.25) is 0 Å². The van der Waals surface area contributed by atoms with Crippen molar-refractivity contribution in [3.05, 3.63) is 89.2 Å². The topological polar surface area (TPSA) is 113 Å². The maximum Gasteiger partial charge on any atom is 0.337 e. The lowest BCUT2D eigenvalue weighted by Crippen LogP contribution is -2.18. The highest BCUT2D eigenvalue weighted by molar-refractivity contribution is 7.92. The van der Waals surface area contributed by atoms with Crippen molar-refractivity contribution in [2.45, 2.75) is 11.8 Å². The number of amides is 1. The van der Waals surface area contributed by atoms with Crippen molar-refractivity contribution in [2.24, 2.45) is 0 Å². The number of carboxylic acids is 1. The Kier molecular flexibility index (Phi) is 5.84. The second kappa shape index (κ2) is 8.34. The minimum Gasteiger partial charge on any atom is -0.478 e. The molecule has 3 aromatic rings. The number of para-hydroxylation sites is 1. The maximum atomic E-state index is 13.4. The Labute approximate surface area is 172 Å². The number of aryl methyl sites for hydroxylation is 1. The van der Waals surface area contributed by atoms with Crippen molar-refractivity contribution in [1.82, 2.24) is 0 Å². The molecule has 0 heterocycles. The van der Waals surface area contributed by atoms with Crippen LogP contribution in [0.2, 0.25) is 0 Å². The molecule has 0 radical (unpaired) electrons. The van der Waals surface area contributed by atoms with Crippen LogP contribution in [-0.4, -0.2) is 25.4 Å². The van der Waals surface area contributed by atoms with Crippen molar-refractivity contribution in [1.29, 1.82) is 0 Å². The van der Waals surface area contributed by atoms with Crippen molar-refractivity contribution in [3.8, 4) is 0 Å². The number of anilines is 2. The van der Waals surface area contributed by atoms with Crippen molar-refractivity contribution >= 4 is 33.3 Å². The first-order chi connectivity index (χ1) is 14.2. The van der Waals surface area contributed by atoms with Gasteiger partial charge in [0.1, 0.15) is 5.82 Å². The molecule has 0 bridgehead atoms. The standard InChI is InChI=1S/C21H17FN2O5S/c1-13-9-10-14(20(25)23-18-8-3-2-7-17(18)21(26)27)11-19(13)30(28,29)24-16-6-4-5-15(22)12-16/h2-12,24H,1H3,(H,23,25)(H,26,27). The van der Waals surface area contributed by atoms with Crippen LogP contribution in [0.4, 0.5) is 15.8 Å². The van der Waals surface area contributed by atoms with Crippen LogP contribution in [-0.2, 0) is 10.0 Å². The van der Waals surface area contributed by atoms with Gasteiger partial charge >= 0.3 is 5.97 Å². The highest BCUT2D eigenvalue weighted by Gasteiger charge is 2.20. The predicted octanol–water partition coefficient (Wildman–Crippen LogP) is 3.89. The molecule has 0 aromatic heterocycles. The smallest absolute Gasteiger partial charge is 0.337 e. The molecule has 0 spiro atoms. The van der Waals surface area contributed by atoms with Crippen LogP contribution in [0.1, 0.15) is 26.3 Å². The van der Waals surface area contributed by atoms with Crippen LogP contribution in [0.5, 0.6) is 0 Å². The van der Waals surface area contributed by atoms with E-state index in [1.165, 1.54) is 54.6 Å². The van der Waals surface area contributed by atoms with Gasteiger partial charge in [-0.3, -0.25) is 9.52 Å². The van der Waals surface area contributed by atoms with E-state index in [4.69, 9.17) is 0 Å². The molecule has 0 saturated heterocycles.